The van der Waals surface area contributed by atoms with E-state index >= 15 is 0 Å². The Morgan fingerprint density at radius 2 is 1.79 bits per heavy atom. The van der Waals surface area contributed by atoms with Gasteiger partial charge in [-0.05, 0) is 41.8 Å². The second-order valence-corrected chi connectivity index (χ2v) is 7.29. The first-order chi connectivity index (χ1) is 15.5. The summed E-state index contributed by atoms with van der Waals surface area (Å²) in [4.78, 5) is 35.2. The molecule has 0 radical (unpaired) electrons. The van der Waals surface area contributed by atoms with E-state index in [0.29, 0.717) is 17.9 Å². The molecule has 176 valence electrons. The van der Waals surface area contributed by atoms with Crippen LogP contribution in [0, 0.1) is 5.92 Å². The van der Waals surface area contributed by atoms with Gasteiger partial charge in [0.15, 0.2) is 6.61 Å². The van der Waals surface area contributed by atoms with Gasteiger partial charge >= 0.3 is 18.0 Å². The van der Waals surface area contributed by atoms with Crippen molar-refractivity contribution >= 4 is 29.6 Å². The van der Waals surface area contributed by atoms with Crippen LogP contribution in [-0.2, 0) is 20.6 Å². The predicted molar refractivity (Wildman–Crippen MR) is 116 cm³/mol. The van der Waals surface area contributed by atoms with E-state index in [1.807, 2.05) is 13.8 Å². The Balaban J connectivity index is 1.86. The highest BCUT2D eigenvalue weighted by atomic mass is 19.4. The van der Waals surface area contributed by atoms with Crippen molar-refractivity contribution in [2.75, 3.05) is 18.5 Å². The Bertz CT molecular complexity index is 1020. The number of ether oxygens (including phenoxy) is 1. The Hall–Kier alpha value is -3.89. The molecule has 2 aromatic carbocycles. The number of carbonyl (C=O) groups is 3. The van der Waals surface area contributed by atoms with Crippen LogP contribution in [0.1, 0.15) is 25.0 Å². The highest BCUT2D eigenvalue weighted by Crippen LogP contribution is 2.30. The van der Waals surface area contributed by atoms with Crippen LogP contribution in [0.2, 0.25) is 0 Å². The fourth-order valence-corrected chi connectivity index (χ4v) is 2.40. The average Bonchev–Trinajstić information content (AvgIpc) is 2.76. The number of hydrogen-bond donors (Lipinski definition) is 3. The van der Waals surface area contributed by atoms with Crippen LogP contribution in [-0.4, -0.2) is 37.1 Å². The number of alkyl halides is 3. The lowest BCUT2D eigenvalue weighted by Crippen LogP contribution is -2.39. The number of anilines is 1. The first-order valence-electron chi connectivity index (χ1n) is 9.86. The molecular formula is C22H23F3N4O4. The quantitative estimate of drug-likeness (QED) is 0.317. The molecule has 0 unspecified atom stereocenters. The third-order valence-electron chi connectivity index (χ3n) is 3.96. The van der Waals surface area contributed by atoms with Crippen LogP contribution >= 0.6 is 0 Å². The van der Waals surface area contributed by atoms with Crippen molar-refractivity contribution in [2.24, 2.45) is 11.0 Å². The molecule has 0 aliphatic carbocycles. The molecule has 0 heterocycles. The lowest BCUT2D eigenvalue weighted by atomic mass is 10.2. The number of rotatable bonds is 8. The third-order valence-corrected chi connectivity index (χ3v) is 3.96. The zero-order chi connectivity index (χ0) is 24.4. The van der Waals surface area contributed by atoms with Gasteiger partial charge in [0.1, 0.15) is 5.75 Å². The summed E-state index contributed by atoms with van der Waals surface area (Å²) in [7, 11) is 0. The zero-order valence-electron chi connectivity index (χ0n) is 17.9. The summed E-state index contributed by atoms with van der Waals surface area (Å²) in [6.45, 7) is 3.70. The highest BCUT2D eigenvalue weighted by molar-refractivity contribution is 6.35. The minimum Gasteiger partial charge on any atom is -0.484 e. The van der Waals surface area contributed by atoms with Crippen LogP contribution in [0.5, 0.6) is 5.75 Å². The monoisotopic (exact) mass is 464 g/mol. The molecule has 11 heteroatoms. The maximum atomic E-state index is 12.8. The van der Waals surface area contributed by atoms with Gasteiger partial charge in [0, 0.05) is 12.2 Å². The molecule has 3 amide bonds. The Labute approximate surface area is 188 Å². The fourth-order valence-electron chi connectivity index (χ4n) is 2.40. The number of nitrogens with zero attached hydrogens (tertiary/aromatic N) is 1. The van der Waals surface area contributed by atoms with E-state index in [9.17, 15) is 27.6 Å². The van der Waals surface area contributed by atoms with Crippen LogP contribution in [0.4, 0.5) is 18.9 Å². The van der Waals surface area contributed by atoms with Crippen LogP contribution < -0.4 is 20.8 Å². The minimum atomic E-state index is -4.52. The Kier molecular flexibility index (Phi) is 8.96. The smallest absolute Gasteiger partial charge is 0.416 e. The van der Waals surface area contributed by atoms with Crippen LogP contribution in [0.25, 0.3) is 0 Å². The molecule has 0 saturated heterocycles. The molecule has 3 N–H and O–H groups in total. The molecule has 0 aliphatic rings. The highest BCUT2D eigenvalue weighted by Gasteiger charge is 2.30. The zero-order valence-corrected chi connectivity index (χ0v) is 17.9. The van der Waals surface area contributed by atoms with Gasteiger partial charge in [-0.3, -0.25) is 14.4 Å². The van der Waals surface area contributed by atoms with Gasteiger partial charge in [0.05, 0.1) is 11.8 Å². The van der Waals surface area contributed by atoms with E-state index < -0.39 is 36.1 Å². The molecule has 0 fully saturated rings. The van der Waals surface area contributed by atoms with Gasteiger partial charge < -0.3 is 15.4 Å². The maximum absolute atomic E-state index is 12.8. The number of hydrogen-bond acceptors (Lipinski definition) is 5. The lowest BCUT2D eigenvalue weighted by Gasteiger charge is -2.10. The van der Waals surface area contributed by atoms with E-state index in [0.717, 1.165) is 12.1 Å². The summed E-state index contributed by atoms with van der Waals surface area (Å²) in [5, 5.41) is 8.49. The molecule has 8 nitrogen and oxygen atoms in total. The van der Waals surface area contributed by atoms with Gasteiger partial charge in [-0.2, -0.15) is 18.3 Å². The van der Waals surface area contributed by atoms with Crippen LogP contribution in [0.15, 0.2) is 53.6 Å². The summed E-state index contributed by atoms with van der Waals surface area (Å²) >= 11 is 0. The van der Waals surface area contributed by atoms with E-state index in [2.05, 4.69) is 21.2 Å². The topological polar surface area (TPSA) is 109 Å². The van der Waals surface area contributed by atoms with Crippen molar-refractivity contribution < 1.29 is 32.3 Å². The fraction of sp³-hybridized carbons (Fsp3) is 0.273. The van der Waals surface area contributed by atoms with Crippen molar-refractivity contribution in [3.8, 4) is 5.75 Å². The van der Waals surface area contributed by atoms with Crippen molar-refractivity contribution in [1.82, 2.24) is 10.7 Å². The van der Waals surface area contributed by atoms with E-state index in [4.69, 9.17) is 4.74 Å². The number of halogens is 3. The summed E-state index contributed by atoms with van der Waals surface area (Å²) in [6, 6.07) is 10.6. The molecule has 0 spiro atoms. The number of amides is 3. The molecule has 2 aromatic rings. The average molecular weight is 464 g/mol. The van der Waals surface area contributed by atoms with Crippen LogP contribution in [0.3, 0.4) is 0 Å². The van der Waals surface area contributed by atoms with Gasteiger partial charge in [0.25, 0.3) is 5.91 Å². The number of hydrazone groups is 1. The number of benzene rings is 2. The summed E-state index contributed by atoms with van der Waals surface area (Å²) in [5.41, 5.74) is 1.72. The summed E-state index contributed by atoms with van der Waals surface area (Å²) < 4.78 is 43.6. The normalized spacial score (nSPS) is 11.3. The van der Waals surface area contributed by atoms with Gasteiger partial charge in [-0.1, -0.05) is 32.0 Å². The molecule has 0 bridgehead atoms. The lowest BCUT2D eigenvalue weighted by molar-refractivity contribution is -0.139. The molecule has 33 heavy (non-hydrogen) atoms. The van der Waals surface area contributed by atoms with E-state index in [1.165, 1.54) is 24.4 Å². The van der Waals surface area contributed by atoms with Gasteiger partial charge in [-0.15, -0.1) is 0 Å². The van der Waals surface area contributed by atoms with Crippen molar-refractivity contribution in [3.63, 3.8) is 0 Å². The largest absolute Gasteiger partial charge is 0.484 e. The first-order valence-corrected chi connectivity index (χ1v) is 9.86. The second kappa shape index (κ2) is 11.7. The molecule has 0 atom stereocenters. The molecule has 0 aromatic heterocycles. The molecular weight excluding hydrogens is 441 g/mol. The third kappa shape index (κ3) is 9.01. The van der Waals surface area contributed by atoms with Gasteiger partial charge in [-0.25, -0.2) is 5.43 Å². The Morgan fingerprint density at radius 1 is 1.06 bits per heavy atom. The molecule has 2 rings (SSSR count). The Morgan fingerprint density at radius 3 is 2.48 bits per heavy atom. The predicted octanol–water partition coefficient (Wildman–Crippen LogP) is 2.95. The van der Waals surface area contributed by atoms with Crippen molar-refractivity contribution in [1.29, 1.82) is 0 Å². The number of nitrogens with one attached hydrogen (secondary N) is 3. The molecule has 0 saturated carbocycles. The summed E-state index contributed by atoms with van der Waals surface area (Å²) in [6.07, 6.45) is -3.24. The van der Waals surface area contributed by atoms with Gasteiger partial charge in [0.2, 0.25) is 0 Å². The van der Waals surface area contributed by atoms with Crippen molar-refractivity contribution in [2.45, 2.75) is 20.0 Å². The standard InChI is InChI=1S/C22H23F3N4O4/c1-14(2)11-26-20(31)21(32)29-27-12-15-5-3-8-18(9-15)33-13-19(30)28-17-7-4-6-16(10-17)22(23,24)25/h3-10,12,14H,11,13H2,1-2H3,(H,26,31)(H,28,30)(H,29,32)/b27-12-. The second-order valence-electron chi connectivity index (χ2n) is 7.29. The SMILES string of the molecule is CC(C)CNC(=O)C(=O)N/N=C\c1cccc(OCC(=O)Nc2cccc(C(F)(F)F)c2)c1. The summed E-state index contributed by atoms with van der Waals surface area (Å²) in [5.74, 6) is -1.87. The maximum Gasteiger partial charge on any atom is 0.416 e. The minimum absolute atomic E-state index is 0.00696. The van der Waals surface area contributed by atoms with E-state index in [-0.39, 0.29) is 11.6 Å². The molecule has 0 aliphatic heterocycles. The number of carbonyl (C=O) groups excluding carboxylic acids is 3. The first kappa shape index (κ1) is 25.4. The van der Waals surface area contributed by atoms with Crippen molar-refractivity contribution in [3.05, 3.63) is 59.7 Å². The van der Waals surface area contributed by atoms with E-state index in [1.54, 1.807) is 18.2 Å².